The highest BCUT2D eigenvalue weighted by Gasteiger charge is 2.23. The number of nitrogens with one attached hydrogen (secondary N) is 1. The van der Waals surface area contributed by atoms with Gasteiger partial charge in [-0.3, -0.25) is 4.79 Å². The van der Waals surface area contributed by atoms with Crippen LogP contribution in [0.1, 0.15) is 27.5 Å². The van der Waals surface area contributed by atoms with E-state index in [4.69, 9.17) is 10.5 Å². The Bertz CT molecular complexity index is 688. The van der Waals surface area contributed by atoms with Gasteiger partial charge in [-0.05, 0) is 24.3 Å². The molecule has 1 unspecified atom stereocenters. The summed E-state index contributed by atoms with van der Waals surface area (Å²) in [6.07, 6.45) is 0. The SMILES string of the molecule is NC(=O)c1ccc(F)c(CNC2COc3ccccc32)c1. The van der Waals surface area contributed by atoms with Crippen molar-refractivity contribution < 1.29 is 13.9 Å². The topological polar surface area (TPSA) is 64.4 Å². The monoisotopic (exact) mass is 286 g/mol. The number of fused-ring (bicyclic) bond motifs is 1. The standard InChI is InChI=1S/C16H15FN2O2/c17-13-6-5-10(16(18)20)7-11(13)8-19-14-9-21-15-4-2-1-3-12(14)15/h1-7,14,19H,8-9H2,(H2,18,20). The predicted molar refractivity (Wildman–Crippen MR) is 76.4 cm³/mol. The highest BCUT2D eigenvalue weighted by molar-refractivity contribution is 5.92. The van der Waals surface area contributed by atoms with E-state index >= 15 is 0 Å². The van der Waals surface area contributed by atoms with Gasteiger partial charge in [0.25, 0.3) is 0 Å². The number of hydrogen-bond donors (Lipinski definition) is 2. The molecule has 0 fully saturated rings. The number of primary amides is 1. The maximum absolute atomic E-state index is 13.8. The highest BCUT2D eigenvalue weighted by atomic mass is 19.1. The Balaban J connectivity index is 1.74. The lowest BCUT2D eigenvalue weighted by atomic mass is 10.1. The minimum absolute atomic E-state index is 0.0119. The first-order valence-electron chi connectivity index (χ1n) is 6.68. The van der Waals surface area contributed by atoms with Crippen molar-refractivity contribution in [3.8, 4) is 5.75 Å². The van der Waals surface area contributed by atoms with Crippen molar-refractivity contribution in [3.05, 3.63) is 65.0 Å². The molecule has 1 aliphatic rings. The molecule has 1 heterocycles. The van der Waals surface area contributed by atoms with E-state index < -0.39 is 5.91 Å². The van der Waals surface area contributed by atoms with Crippen molar-refractivity contribution in [2.75, 3.05) is 6.61 Å². The fraction of sp³-hybridized carbons (Fsp3) is 0.188. The maximum atomic E-state index is 13.8. The molecule has 1 aliphatic heterocycles. The zero-order valence-corrected chi connectivity index (χ0v) is 11.3. The van der Waals surface area contributed by atoms with Gasteiger partial charge in [-0.15, -0.1) is 0 Å². The molecule has 0 aliphatic carbocycles. The van der Waals surface area contributed by atoms with E-state index in [0.717, 1.165) is 11.3 Å². The first-order valence-corrected chi connectivity index (χ1v) is 6.68. The summed E-state index contributed by atoms with van der Waals surface area (Å²) in [6.45, 7) is 0.811. The predicted octanol–water partition coefficient (Wildman–Crippen LogP) is 2.15. The minimum Gasteiger partial charge on any atom is -0.491 e. The summed E-state index contributed by atoms with van der Waals surface area (Å²) in [5.41, 5.74) is 6.99. The summed E-state index contributed by atoms with van der Waals surface area (Å²) in [4.78, 5) is 11.1. The number of ether oxygens (including phenoxy) is 1. The number of benzene rings is 2. The number of carbonyl (C=O) groups is 1. The van der Waals surface area contributed by atoms with Crippen LogP contribution < -0.4 is 15.8 Å². The molecule has 3 N–H and O–H groups in total. The zero-order valence-electron chi connectivity index (χ0n) is 11.3. The summed E-state index contributed by atoms with van der Waals surface area (Å²) in [7, 11) is 0. The maximum Gasteiger partial charge on any atom is 0.248 e. The molecule has 0 spiro atoms. The van der Waals surface area contributed by atoms with Crippen LogP contribution in [0.3, 0.4) is 0 Å². The fourth-order valence-electron chi connectivity index (χ4n) is 2.43. The molecule has 4 nitrogen and oxygen atoms in total. The van der Waals surface area contributed by atoms with Crippen LogP contribution in [0.4, 0.5) is 4.39 Å². The second-order valence-electron chi connectivity index (χ2n) is 4.95. The molecule has 0 saturated carbocycles. The van der Waals surface area contributed by atoms with Crippen molar-refractivity contribution in [2.45, 2.75) is 12.6 Å². The molecule has 3 rings (SSSR count). The van der Waals surface area contributed by atoms with Crippen LogP contribution in [0.5, 0.6) is 5.75 Å². The Labute approximate surface area is 121 Å². The molecule has 21 heavy (non-hydrogen) atoms. The zero-order chi connectivity index (χ0) is 14.8. The van der Waals surface area contributed by atoms with Gasteiger partial charge < -0.3 is 15.8 Å². The summed E-state index contributed by atoms with van der Waals surface area (Å²) < 4.78 is 19.3. The minimum atomic E-state index is -0.564. The average Bonchev–Trinajstić information content (AvgIpc) is 2.89. The van der Waals surface area contributed by atoms with E-state index in [1.54, 1.807) is 0 Å². The van der Waals surface area contributed by atoms with Crippen LogP contribution in [-0.4, -0.2) is 12.5 Å². The van der Waals surface area contributed by atoms with Crippen molar-refractivity contribution in [1.82, 2.24) is 5.32 Å². The molecule has 108 valence electrons. The largest absolute Gasteiger partial charge is 0.491 e. The number of rotatable bonds is 4. The summed E-state index contributed by atoms with van der Waals surface area (Å²) in [6, 6.07) is 11.9. The highest BCUT2D eigenvalue weighted by Crippen LogP contribution is 2.31. The second-order valence-corrected chi connectivity index (χ2v) is 4.95. The van der Waals surface area contributed by atoms with E-state index in [1.807, 2.05) is 24.3 Å². The molecule has 0 saturated heterocycles. The van der Waals surface area contributed by atoms with E-state index in [9.17, 15) is 9.18 Å². The number of amides is 1. The number of halogens is 1. The third-order valence-corrected chi connectivity index (χ3v) is 3.57. The lowest BCUT2D eigenvalue weighted by Crippen LogP contribution is -2.23. The number of carbonyl (C=O) groups excluding carboxylic acids is 1. The molecule has 5 heteroatoms. The van der Waals surface area contributed by atoms with Crippen LogP contribution in [-0.2, 0) is 6.54 Å². The van der Waals surface area contributed by atoms with Crippen molar-refractivity contribution in [1.29, 1.82) is 0 Å². The normalized spacial score (nSPS) is 16.3. The van der Waals surface area contributed by atoms with E-state index in [2.05, 4.69) is 5.32 Å². The van der Waals surface area contributed by atoms with Gasteiger partial charge in [0.1, 0.15) is 18.2 Å². The molecule has 2 aromatic rings. The molecule has 2 aromatic carbocycles. The van der Waals surface area contributed by atoms with Gasteiger partial charge in [0, 0.05) is 23.2 Å². The van der Waals surface area contributed by atoms with Crippen LogP contribution in [0.25, 0.3) is 0 Å². The van der Waals surface area contributed by atoms with Crippen molar-refractivity contribution in [2.24, 2.45) is 5.73 Å². The molecule has 1 amide bonds. The third-order valence-electron chi connectivity index (χ3n) is 3.57. The van der Waals surface area contributed by atoms with E-state index in [0.29, 0.717) is 24.3 Å². The fourth-order valence-corrected chi connectivity index (χ4v) is 2.43. The smallest absolute Gasteiger partial charge is 0.248 e. The first kappa shape index (κ1) is 13.6. The van der Waals surface area contributed by atoms with Gasteiger partial charge in [-0.1, -0.05) is 18.2 Å². The molecular formula is C16H15FN2O2. The summed E-state index contributed by atoms with van der Waals surface area (Å²) in [5, 5.41) is 3.24. The van der Waals surface area contributed by atoms with Crippen LogP contribution in [0, 0.1) is 5.82 Å². The lowest BCUT2D eigenvalue weighted by Gasteiger charge is -2.12. The van der Waals surface area contributed by atoms with Gasteiger partial charge in [-0.25, -0.2) is 4.39 Å². The molecule has 0 bridgehead atoms. The van der Waals surface area contributed by atoms with Gasteiger partial charge in [-0.2, -0.15) is 0 Å². The first-order chi connectivity index (χ1) is 10.1. The van der Waals surface area contributed by atoms with Crippen LogP contribution in [0.2, 0.25) is 0 Å². The molecule has 1 atom stereocenters. The Morgan fingerprint density at radius 3 is 2.95 bits per heavy atom. The van der Waals surface area contributed by atoms with Gasteiger partial charge in [0.2, 0.25) is 5.91 Å². The Hall–Kier alpha value is -2.40. The quantitative estimate of drug-likeness (QED) is 0.905. The van der Waals surface area contributed by atoms with Gasteiger partial charge in [0.15, 0.2) is 0 Å². The molecular weight excluding hydrogens is 271 g/mol. The van der Waals surface area contributed by atoms with Crippen LogP contribution >= 0.6 is 0 Å². The summed E-state index contributed by atoms with van der Waals surface area (Å²) >= 11 is 0. The second kappa shape index (κ2) is 5.54. The van der Waals surface area contributed by atoms with Crippen molar-refractivity contribution in [3.63, 3.8) is 0 Å². The Morgan fingerprint density at radius 1 is 1.33 bits per heavy atom. The number of hydrogen-bond acceptors (Lipinski definition) is 3. The van der Waals surface area contributed by atoms with Gasteiger partial charge >= 0.3 is 0 Å². The Kier molecular flexibility index (Phi) is 3.58. The van der Waals surface area contributed by atoms with Gasteiger partial charge in [0.05, 0.1) is 6.04 Å². The van der Waals surface area contributed by atoms with E-state index in [-0.39, 0.29) is 11.9 Å². The summed E-state index contributed by atoms with van der Waals surface area (Å²) in [5.74, 6) is -0.0770. The Morgan fingerprint density at radius 2 is 2.14 bits per heavy atom. The van der Waals surface area contributed by atoms with Crippen LogP contribution in [0.15, 0.2) is 42.5 Å². The third kappa shape index (κ3) is 2.73. The number of para-hydroxylation sites is 1. The van der Waals surface area contributed by atoms with Crippen molar-refractivity contribution >= 4 is 5.91 Å². The average molecular weight is 286 g/mol. The molecule has 0 aromatic heterocycles. The molecule has 0 radical (unpaired) electrons. The number of nitrogens with two attached hydrogens (primary N) is 1. The van der Waals surface area contributed by atoms with E-state index in [1.165, 1.54) is 18.2 Å². The lowest BCUT2D eigenvalue weighted by molar-refractivity contribution is 0.1000.